The Labute approximate surface area is 190 Å². The highest BCUT2D eigenvalue weighted by Gasteiger charge is 2.10. The molecule has 0 aliphatic carbocycles. The standard InChI is InChI=1S/C25H19N5O3/c1-3-4-23(31)29-18-7-10-21-20(15-18)22(12-14-26-21)33-19-8-5-17(6-9-19)24(32)30-25-27-13-11-16(2)28-25/h5-15H,1-2H3,(H,29,31)(H,27,28,30,32). The number of nitrogens with one attached hydrogen (secondary N) is 2. The molecule has 162 valence electrons. The van der Waals surface area contributed by atoms with Crippen LogP contribution in [0.3, 0.4) is 0 Å². The van der Waals surface area contributed by atoms with Crippen molar-refractivity contribution in [1.29, 1.82) is 0 Å². The molecule has 0 unspecified atom stereocenters. The summed E-state index contributed by atoms with van der Waals surface area (Å²) in [4.78, 5) is 36.8. The summed E-state index contributed by atoms with van der Waals surface area (Å²) in [7, 11) is 0. The van der Waals surface area contributed by atoms with Gasteiger partial charge in [0.05, 0.1) is 5.52 Å². The Morgan fingerprint density at radius 3 is 2.48 bits per heavy atom. The number of benzene rings is 2. The van der Waals surface area contributed by atoms with E-state index in [-0.39, 0.29) is 11.9 Å². The second-order valence-corrected chi connectivity index (χ2v) is 6.97. The normalized spacial score (nSPS) is 10.1. The number of carbonyl (C=O) groups is 2. The molecule has 8 nitrogen and oxygen atoms in total. The third-order valence-corrected chi connectivity index (χ3v) is 4.56. The lowest BCUT2D eigenvalue weighted by atomic mass is 10.1. The van der Waals surface area contributed by atoms with Crippen molar-refractivity contribution in [3.05, 3.63) is 78.2 Å². The lowest BCUT2D eigenvalue weighted by molar-refractivity contribution is -0.111. The van der Waals surface area contributed by atoms with Gasteiger partial charge in [-0.3, -0.25) is 19.9 Å². The number of pyridine rings is 1. The van der Waals surface area contributed by atoms with Crippen LogP contribution in [0.1, 0.15) is 23.0 Å². The Balaban J connectivity index is 1.52. The van der Waals surface area contributed by atoms with Crippen LogP contribution in [0, 0.1) is 18.8 Å². The minimum absolute atomic E-state index is 0.247. The van der Waals surface area contributed by atoms with Crippen LogP contribution in [-0.2, 0) is 4.79 Å². The Morgan fingerprint density at radius 1 is 0.939 bits per heavy atom. The van der Waals surface area contributed by atoms with E-state index in [0.717, 1.165) is 11.1 Å². The zero-order valence-corrected chi connectivity index (χ0v) is 17.9. The topological polar surface area (TPSA) is 106 Å². The van der Waals surface area contributed by atoms with E-state index >= 15 is 0 Å². The molecule has 0 fully saturated rings. The molecule has 0 bridgehead atoms. The van der Waals surface area contributed by atoms with Crippen molar-refractivity contribution in [2.24, 2.45) is 0 Å². The Morgan fingerprint density at radius 2 is 1.73 bits per heavy atom. The molecule has 4 rings (SSSR count). The maximum Gasteiger partial charge on any atom is 0.300 e. The first-order valence-corrected chi connectivity index (χ1v) is 10.0. The van der Waals surface area contributed by atoms with Gasteiger partial charge in [0, 0.05) is 34.7 Å². The molecule has 0 saturated heterocycles. The van der Waals surface area contributed by atoms with E-state index in [1.807, 2.05) is 6.92 Å². The van der Waals surface area contributed by atoms with Crippen LogP contribution in [-0.4, -0.2) is 26.8 Å². The van der Waals surface area contributed by atoms with Crippen LogP contribution in [0.4, 0.5) is 11.6 Å². The van der Waals surface area contributed by atoms with Crippen molar-refractivity contribution in [1.82, 2.24) is 15.0 Å². The second-order valence-electron chi connectivity index (χ2n) is 6.97. The van der Waals surface area contributed by atoms with Gasteiger partial charge in [-0.1, -0.05) is 5.92 Å². The number of ether oxygens (including phenoxy) is 1. The molecule has 0 spiro atoms. The molecule has 2 N–H and O–H groups in total. The van der Waals surface area contributed by atoms with E-state index in [1.165, 1.54) is 0 Å². The number of anilines is 2. The molecule has 33 heavy (non-hydrogen) atoms. The molecule has 4 aromatic rings. The number of amides is 2. The molecule has 2 aromatic heterocycles. The number of fused-ring (bicyclic) bond motifs is 1. The number of aryl methyl sites for hydroxylation is 1. The summed E-state index contributed by atoms with van der Waals surface area (Å²) in [5, 5.41) is 6.11. The maximum absolute atomic E-state index is 12.5. The highest BCUT2D eigenvalue weighted by atomic mass is 16.5. The molecular weight excluding hydrogens is 418 g/mol. The van der Waals surface area contributed by atoms with Gasteiger partial charge in [-0.15, -0.1) is 0 Å². The van der Waals surface area contributed by atoms with Crippen molar-refractivity contribution in [3.63, 3.8) is 0 Å². The highest BCUT2D eigenvalue weighted by molar-refractivity contribution is 6.05. The monoisotopic (exact) mass is 437 g/mol. The summed E-state index contributed by atoms with van der Waals surface area (Å²) < 4.78 is 6.03. The molecule has 0 aliphatic heterocycles. The molecule has 2 amide bonds. The quantitative estimate of drug-likeness (QED) is 0.450. The lowest BCUT2D eigenvalue weighted by Gasteiger charge is -2.11. The smallest absolute Gasteiger partial charge is 0.300 e. The van der Waals surface area contributed by atoms with Crippen LogP contribution in [0.15, 0.2) is 67.0 Å². The molecule has 2 heterocycles. The van der Waals surface area contributed by atoms with Crippen LogP contribution in [0.2, 0.25) is 0 Å². The molecule has 0 aliphatic rings. The minimum Gasteiger partial charge on any atom is -0.457 e. The fourth-order valence-electron chi connectivity index (χ4n) is 3.05. The van der Waals surface area contributed by atoms with Gasteiger partial charge in [0.2, 0.25) is 5.95 Å². The first-order chi connectivity index (χ1) is 16.0. The van der Waals surface area contributed by atoms with Gasteiger partial charge in [0.15, 0.2) is 0 Å². The zero-order valence-electron chi connectivity index (χ0n) is 17.9. The highest BCUT2D eigenvalue weighted by Crippen LogP contribution is 2.30. The van der Waals surface area contributed by atoms with E-state index in [1.54, 1.807) is 73.9 Å². The van der Waals surface area contributed by atoms with E-state index < -0.39 is 5.91 Å². The van der Waals surface area contributed by atoms with Gasteiger partial charge in [-0.05, 0) is 74.4 Å². The molecule has 8 heteroatoms. The second kappa shape index (κ2) is 9.58. The SMILES string of the molecule is CC#CC(=O)Nc1ccc2nccc(Oc3ccc(C(=O)Nc4nccc(C)n4)cc3)c2c1. The molecular formula is C25H19N5O3. The predicted molar refractivity (Wildman–Crippen MR) is 125 cm³/mol. The fraction of sp³-hybridized carbons (Fsp3) is 0.0800. The van der Waals surface area contributed by atoms with Crippen molar-refractivity contribution in [2.45, 2.75) is 13.8 Å². The van der Waals surface area contributed by atoms with Crippen LogP contribution in [0.25, 0.3) is 10.9 Å². The van der Waals surface area contributed by atoms with Gasteiger partial charge >= 0.3 is 0 Å². The Kier molecular flexibility index (Phi) is 6.23. The summed E-state index contributed by atoms with van der Waals surface area (Å²) >= 11 is 0. The summed E-state index contributed by atoms with van der Waals surface area (Å²) in [5.74, 6) is 5.63. The fourth-order valence-corrected chi connectivity index (χ4v) is 3.05. The lowest BCUT2D eigenvalue weighted by Crippen LogP contribution is -2.14. The van der Waals surface area contributed by atoms with Crippen molar-refractivity contribution < 1.29 is 14.3 Å². The van der Waals surface area contributed by atoms with E-state index in [9.17, 15) is 9.59 Å². The van der Waals surface area contributed by atoms with Gasteiger partial charge < -0.3 is 10.1 Å². The van der Waals surface area contributed by atoms with E-state index in [2.05, 4.69) is 37.4 Å². The van der Waals surface area contributed by atoms with Crippen molar-refractivity contribution in [3.8, 4) is 23.3 Å². The molecule has 0 atom stereocenters. The van der Waals surface area contributed by atoms with Gasteiger partial charge in [-0.2, -0.15) is 0 Å². The minimum atomic E-state index is -0.395. The average molecular weight is 437 g/mol. The van der Waals surface area contributed by atoms with Crippen LogP contribution in [0.5, 0.6) is 11.5 Å². The van der Waals surface area contributed by atoms with Gasteiger partial charge in [-0.25, -0.2) is 9.97 Å². The number of carbonyl (C=O) groups excluding carboxylic acids is 2. The average Bonchev–Trinajstić information content (AvgIpc) is 2.80. The van der Waals surface area contributed by atoms with Gasteiger partial charge in [0.1, 0.15) is 11.5 Å². The Hall–Kier alpha value is -4.77. The Bertz CT molecular complexity index is 1410. The largest absolute Gasteiger partial charge is 0.457 e. The predicted octanol–water partition coefficient (Wildman–Crippen LogP) is 4.34. The third kappa shape index (κ3) is 5.29. The number of hydrogen-bond acceptors (Lipinski definition) is 6. The van der Waals surface area contributed by atoms with Crippen LogP contribution >= 0.6 is 0 Å². The summed E-state index contributed by atoms with van der Waals surface area (Å²) in [6, 6.07) is 15.5. The van der Waals surface area contributed by atoms with Gasteiger partial charge in [0.25, 0.3) is 11.8 Å². The van der Waals surface area contributed by atoms with E-state index in [4.69, 9.17) is 4.74 Å². The van der Waals surface area contributed by atoms with Crippen molar-refractivity contribution >= 4 is 34.4 Å². The number of nitrogens with zero attached hydrogens (tertiary/aromatic N) is 3. The first-order valence-electron chi connectivity index (χ1n) is 10.0. The summed E-state index contributed by atoms with van der Waals surface area (Å²) in [6.45, 7) is 3.42. The molecule has 0 saturated carbocycles. The van der Waals surface area contributed by atoms with Crippen molar-refractivity contribution in [2.75, 3.05) is 10.6 Å². The first kappa shape index (κ1) is 21.5. The summed E-state index contributed by atoms with van der Waals surface area (Å²) in [6.07, 6.45) is 3.23. The number of hydrogen-bond donors (Lipinski definition) is 2. The maximum atomic E-state index is 12.5. The van der Waals surface area contributed by atoms with E-state index in [0.29, 0.717) is 28.3 Å². The zero-order chi connectivity index (χ0) is 23.2. The van der Waals surface area contributed by atoms with Crippen LogP contribution < -0.4 is 15.4 Å². The number of aromatic nitrogens is 3. The number of rotatable bonds is 5. The molecule has 2 aromatic carbocycles. The third-order valence-electron chi connectivity index (χ3n) is 4.56. The summed E-state index contributed by atoms with van der Waals surface area (Å²) in [5.41, 5.74) is 2.49. The molecule has 0 radical (unpaired) electrons.